The Labute approximate surface area is 125 Å². The maximum absolute atomic E-state index is 13.1. The van der Waals surface area contributed by atoms with E-state index in [9.17, 15) is 4.39 Å². The molecule has 22 heavy (non-hydrogen) atoms. The van der Waals surface area contributed by atoms with Gasteiger partial charge in [0.1, 0.15) is 24.1 Å². The van der Waals surface area contributed by atoms with E-state index in [1.165, 1.54) is 18.5 Å². The molecular weight excluding hydrogens is 285 g/mol. The molecule has 0 amide bonds. The Hall–Kier alpha value is -2.54. The second kappa shape index (κ2) is 5.34. The molecule has 2 aromatic heterocycles. The summed E-state index contributed by atoms with van der Waals surface area (Å²) in [5, 5.41) is 7.76. The van der Waals surface area contributed by atoms with E-state index in [0.717, 1.165) is 29.0 Å². The minimum Gasteiger partial charge on any atom is -0.370 e. The van der Waals surface area contributed by atoms with Crippen LogP contribution in [0.1, 0.15) is 11.7 Å². The molecule has 1 aromatic carbocycles. The summed E-state index contributed by atoms with van der Waals surface area (Å²) in [7, 11) is 0. The number of benzene rings is 1. The minimum atomic E-state index is -0.243. The van der Waals surface area contributed by atoms with Crippen molar-refractivity contribution in [3.63, 3.8) is 0 Å². The minimum absolute atomic E-state index is 0.105. The van der Waals surface area contributed by atoms with E-state index in [0.29, 0.717) is 13.2 Å². The quantitative estimate of drug-likeness (QED) is 0.784. The zero-order valence-corrected chi connectivity index (χ0v) is 11.7. The highest BCUT2D eigenvalue weighted by Crippen LogP contribution is 2.28. The van der Waals surface area contributed by atoms with E-state index in [2.05, 4.69) is 25.1 Å². The van der Waals surface area contributed by atoms with Crippen LogP contribution < -0.4 is 4.90 Å². The van der Waals surface area contributed by atoms with Crippen LogP contribution in [0.15, 0.2) is 36.8 Å². The first-order chi connectivity index (χ1) is 10.8. The van der Waals surface area contributed by atoms with Gasteiger partial charge in [0.25, 0.3) is 0 Å². The number of rotatable bonds is 2. The Morgan fingerprint density at radius 1 is 1.23 bits per heavy atom. The molecular formula is C15H14FN5O. The highest BCUT2D eigenvalue weighted by Gasteiger charge is 2.24. The SMILES string of the molecule is Fc1ccc([C@@H]2CN(c3ncnc4[nH]ncc34)CCO2)cc1. The number of hydrogen-bond acceptors (Lipinski definition) is 5. The number of H-pyrrole nitrogens is 1. The number of fused-ring (bicyclic) bond motifs is 1. The number of hydrogen-bond donors (Lipinski definition) is 1. The van der Waals surface area contributed by atoms with Crippen LogP contribution in [0, 0.1) is 5.82 Å². The fourth-order valence-electron chi connectivity index (χ4n) is 2.72. The number of aromatic amines is 1. The fraction of sp³-hybridized carbons (Fsp3) is 0.267. The summed E-state index contributed by atoms with van der Waals surface area (Å²) in [4.78, 5) is 10.7. The summed E-state index contributed by atoms with van der Waals surface area (Å²) in [6.07, 6.45) is 3.15. The Morgan fingerprint density at radius 2 is 2.09 bits per heavy atom. The van der Waals surface area contributed by atoms with Crippen molar-refractivity contribution in [1.29, 1.82) is 0 Å². The van der Waals surface area contributed by atoms with Crippen LogP contribution in [0.5, 0.6) is 0 Å². The van der Waals surface area contributed by atoms with Crippen LogP contribution in [0.4, 0.5) is 10.2 Å². The lowest BCUT2D eigenvalue weighted by atomic mass is 10.1. The summed E-state index contributed by atoms with van der Waals surface area (Å²) in [6.45, 7) is 1.99. The van der Waals surface area contributed by atoms with E-state index in [1.807, 2.05) is 0 Å². The van der Waals surface area contributed by atoms with E-state index in [4.69, 9.17) is 4.74 Å². The predicted octanol–water partition coefficient (Wildman–Crippen LogP) is 2.07. The number of nitrogens with zero attached hydrogens (tertiary/aromatic N) is 4. The Morgan fingerprint density at radius 3 is 2.95 bits per heavy atom. The molecule has 1 N–H and O–H groups in total. The molecule has 3 aromatic rings. The topological polar surface area (TPSA) is 66.9 Å². The third kappa shape index (κ3) is 2.29. The summed E-state index contributed by atoms with van der Waals surface area (Å²) in [5.74, 6) is 0.599. The highest BCUT2D eigenvalue weighted by atomic mass is 19.1. The van der Waals surface area contributed by atoms with Crippen molar-refractivity contribution in [2.45, 2.75) is 6.10 Å². The van der Waals surface area contributed by atoms with Gasteiger partial charge < -0.3 is 9.64 Å². The molecule has 0 radical (unpaired) electrons. The van der Waals surface area contributed by atoms with Crippen LogP contribution in [0.2, 0.25) is 0 Å². The van der Waals surface area contributed by atoms with Gasteiger partial charge in [-0.2, -0.15) is 5.10 Å². The molecule has 0 unspecified atom stereocenters. The van der Waals surface area contributed by atoms with Gasteiger partial charge in [-0.15, -0.1) is 0 Å². The van der Waals surface area contributed by atoms with Gasteiger partial charge in [0.05, 0.1) is 18.2 Å². The molecule has 1 atom stereocenters. The van der Waals surface area contributed by atoms with Crippen molar-refractivity contribution in [1.82, 2.24) is 20.2 Å². The fourth-order valence-corrected chi connectivity index (χ4v) is 2.72. The molecule has 0 spiro atoms. The standard InChI is InChI=1S/C15H14FN5O/c16-11-3-1-10(2-4-11)13-8-21(5-6-22-13)15-12-7-19-20-14(12)17-9-18-15/h1-4,7,9,13H,5-6,8H2,(H,17,18,19,20)/t13-/m0/s1. The molecule has 6 nitrogen and oxygen atoms in total. The van der Waals surface area contributed by atoms with Crippen molar-refractivity contribution in [2.24, 2.45) is 0 Å². The monoisotopic (exact) mass is 299 g/mol. The van der Waals surface area contributed by atoms with E-state index < -0.39 is 0 Å². The summed E-state index contributed by atoms with van der Waals surface area (Å²) in [6, 6.07) is 6.43. The normalized spacial score (nSPS) is 18.8. The third-order valence-corrected chi connectivity index (χ3v) is 3.83. The molecule has 3 heterocycles. The largest absolute Gasteiger partial charge is 0.370 e. The second-order valence-corrected chi connectivity index (χ2v) is 5.19. The number of nitrogens with one attached hydrogen (secondary N) is 1. The van der Waals surface area contributed by atoms with Crippen LogP contribution in [-0.2, 0) is 4.74 Å². The highest BCUT2D eigenvalue weighted by molar-refractivity contribution is 5.86. The zero-order chi connectivity index (χ0) is 14.9. The molecule has 4 rings (SSSR count). The van der Waals surface area contributed by atoms with E-state index in [-0.39, 0.29) is 11.9 Å². The van der Waals surface area contributed by atoms with Gasteiger partial charge in [-0.25, -0.2) is 14.4 Å². The number of aromatic nitrogens is 4. The van der Waals surface area contributed by atoms with Crippen molar-refractivity contribution < 1.29 is 9.13 Å². The van der Waals surface area contributed by atoms with Crippen LogP contribution in [-0.4, -0.2) is 39.9 Å². The lowest BCUT2D eigenvalue weighted by molar-refractivity contribution is 0.0396. The first-order valence-corrected chi connectivity index (χ1v) is 7.07. The molecule has 1 saturated heterocycles. The summed E-state index contributed by atoms with van der Waals surface area (Å²) in [5.41, 5.74) is 1.68. The lowest BCUT2D eigenvalue weighted by Gasteiger charge is -2.34. The molecule has 0 aliphatic carbocycles. The summed E-state index contributed by atoms with van der Waals surface area (Å²) >= 11 is 0. The molecule has 0 bridgehead atoms. The van der Waals surface area contributed by atoms with Gasteiger partial charge in [0.2, 0.25) is 0 Å². The van der Waals surface area contributed by atoms with Gasteiger partial charge in [0.15, 0.2) is 5.65 Å². The van der Waals surface area contributed by atoms with E-state index in [1.54, 1.807) is 18.3 Å². The average molecular weight is 299 g/mol. The van der Waals surface area contributed by atoms with Crippen LogP contribution >= 0.6 is 0 Å². The van der Waals surface area contributed by atoms with Crippen LogP contribution in [0.25, 0.3) is 11.0 Å². The average Bonchev–Trinajstić information content (AvgIpc) is 3.04. The third-order valence-electron chi connectivity index (χ3n) is 3.83. The second-order valence-electron chi connectivity index (χ2n) is 5.19. The Balaban J connectivity index is 1.63. The molecule has 7 heteroatoms. The molecule has 112 valence electrons. The molecule has 1 aliphatic rings. The smallest absolute Gasteiger partial charge is 0.160 e. The van der Waals surface area contributed by atoms with Gasteiger partial charge >= 0.3 is 0 Å². The number of morpholine rings is 1. The number of halogens is 1. The molecule has 1 aliphatic heterocycles. The first-order valence-electron chi connectivity index (χ1n) is 7.07. The van der Waals surface area contributed by atoms with Gasteiger partial charge in [-0.1, -0.05) is 12.1 Å². The maximum Gasteiger partial charge on any atom is 0.160 e. The van der Waals surface area contributed by atoms with Crippen molar-refractivity contribution >= 4 is 16.9 Å². The number of anilines is 1. The molecule has 1 fully saturated rings. The van der Waals surface area contributed by atoms with Crippen molar-refractivity contribution in [3.05, 3.63) is 48.2 Å². The van der Waals surface area contributed by atoms with E-state index >= 15 is 0 Å². The van der Waals surface area contributed by atoms with Gasteiger partial charge in [0, 0.05) is 13.1 Å². The summed E-state index contributed by atoms with van der Waals surface area (Å²) < 4.78 is 18.9. The molecule has 0 saturated carbocycles. The zero-order valence-electron chi connectivity index (χ0n) is 11.7. The lowest BCUT2D eigenvalue weighted by Crippen LogP contribution is -2.39. The van der Waals surface area contributed by atoms with Gasteiger partial charge in [-0.3, -0.25) is 5.10 Å². The van der Waals surface area contributed by atoms with Crippen molar-refractivity contribution in [3.8, 4) is 0 Å². The first kappa shape index (κ1) is 13.1. The number of ether oxygens (including phenoxy) is 1. The van der Waals surface area contributed by atoms with Crippen molar-refractivity contribution in [2.75, 3.05) is 24.6 Å². The Kier molecular flexibility index (Phi) is 3.19. The maximum atomic E-state index is 13.1. The van der Waals surface area contributed by atoms with Crippen LogP contribution in [0.3, 0.4) is 0 Å². The predicted molar refractivity (Wildman–Crippen MR) is 79.0 cm³/mol. The Bertz CT molecular complexity index is 788. The van der Waals surface area contributed by atoms with Gasteiger partial charge in [-0.05, 0) is 17.7 Å².